The molecule has 1 radical (unpaired) electrons. The third kappa shape index (κ3) is 4.14. The summed E-state index contributed by atoms with van der Waals surface area (Å²) < 4.78 is 6.57. The molecule has 0 saturated carbocycles. The molecule has 0 bridgehead atoms. The number of nitrogens with zero attached hydrogens (tertiary/aromatic N) is 5. The first-order chi connectivity index (χ1) is 14.2. The van der Waals surface area contributed by atoms with E-state index in [-0.39, 0.29) is 0 Å². The van der Waals surface area contributed by atoms with Crippen molar-refractivity contribution >= 4 is 21.6 Å². The zero-order valence-corrected chi connectivity index (χ0v) is 16.8. The molecule has 147 valence electrons. The van der Waals surface area contributed by atoms with Gasteiger partial charge < -0.3 is 9.36 Å². The fraction of sp³-hybridized carbons (Fsp3) is 0.238. The maximum absolute atomic E-state index is 6.02. The van der Waals surface area contributed by atoms with Crippen LogP contribution >= 0.6 is 11.3 Å². The van der Waals surface area contributed by atoms with Crippen LogP contribution in [0.4, 0.5) is 0 Å². The Morgan fingerprint density at radius 3 is 2.83 bits per heavy atom. The van der Waals surface area contributed by atoms with Gasteiger partial charge >= 0.3 is 0 Å². The van der Waals surface area contributed by atoms with Gasteiger partial charge in [0, 0.05) is 31.3 Å². The largest absolute Gasteiger partial charge is 0.406 e. The molecule has 4 aromatic rings. The molecule has 1 saturated heterocycles. The average molecular weight is 406 g/mol. The van der Waals surface area contributed by atoms with Gasteiger partial charge in [0.05, 0.1) is 28.3 Å². The number of aromatic nitrogens is 3. The van der Waals surface area contributed by atoms with Gasteiger partial charge in [-0.3, -0.25) is 4.90 Å². The Morgan fingerprint density at radius 2 is 2.00 bits per heavy atom. The van der Waals surface area contributed by atoms with Crippen LogP contribution in [-0.2, 0) is 6.54 Å². The van der Waals surface area contributed by atoms with Crippen molar-refractivity contribution in [1.82, 2.24) is 25.1 Å². The van der Waals surface area contributed by atoms with Crippen LogP contribution in [0, 0.1) is 13.5 Å². The molecule has 1 aliphatic heterocycles. The van der Waals surface area contributed by atoms with Crippen molar-refractivity contribution < 1.29 is 9.36 Å². The number of benzene rings is 2. The van der Waals surface area contributed by atoms with E-state index in [9.17, 15) is 0 Å². The fourth-order valence-corrected chi connectivity index (χ4v) is 4.09. The van der Waals surface area contributed by atoms with Crippen LogP contribution in [0.5, 0.6) is 5.75 Å². The van der Waals surface area contributed by atoms with Gasteiger partial charge in [0.25, 0.3) is 5.89 Å². The molecule has 1 aliphatic rings. The van der Waals surface area contributed by atoms with Crippen molar-refractivity contribution in [3.8, 4) is 17.2 Å². The van der Waals surface area contributed by atoms with Crippen LogP contribution in [0.15, 0.2) is 53.1 Å². The van der Waals surface area contributed by atoms with Gasteiger partial charge in [-0.25, -0.2) is 4.98 Å². The molecule has 0 N–H and O–H groups in total. The van der Waals surface area contributed by atoms with Gasteiger partial charge in [-0.05, 0) is 31.2 Å². The maximum Gasteiger partial charge on any atom is 0.257 e. The smallest absolute Gasteiger partial charge is 0.257 e. The van der Waals surface area contributed by atoms with E-state index in [4.69, 9.17) is 9.36 Å². The Labute approximate surface area is 172 Å². The van der Waals surface area contributed by atoms with Crippen LogP contribution in [0.25, 0.3) is 21.7 Å². The normalized spacial score (nSPS) is 15.8. The molecule has 2 aromatic heterocycles. The summed E-state index contributed by atoms with van der Waals surface area (Å²) in [5.41, 5.74) is 1.92. The number of hydrogen-bond acceptors (Lipinski definition) is 8. The average Bonchev–Trinajstić information content (AvgIpc) is 3.35. The van der Waals surface area contributed by atoms with E-state index < -0.39 is 0 Å². The van der Waals surface area contributed by atoms with Crippen molar-refractivity contribution in [2.45, 2.75) is 13.5 Å². The molecule has 0 unspecified atom stereocenters. The van der Waals surface area contributed by atoms with Gasteiger partial charge in [-0.2, -0.15) is 4.98 Å². The first kappa shape index (κ1) is 18.2. The van der Waals surface area contributed by atoms with Gasteiger partial charge in [0.15, 0.2) is 5.82 Å². The minimum Gasteiger partial charge on any atom is -0.406 e. The molecule has 1 fully saturated rings. The quantitative estimate of drug-likeness (QED) is 0.497. The van der Waals surface area contributed by atoms with E-state index in [1.165, 1.54) is 4.70 Å². The van der Waals surface area contributed by atoms with Gasteiger partial charge in [-0.1, -0.05) is 23.4 Å². The van der Waals surface area contributed by atoms with Crippen molar-refractivity contribution in [1.29, 1.82) is 0 Å². The van der Waals surface area contributed by atoms with E-state index in [2.05, 4.69) is 32.6 Å². The molecule has 0 amide bonds. The highest BCUT2D eigenvalue weighted by Crippen LogP contribution is 2.26. The molecule has 0 aliphatic carbocycles. The Bertz CT molecular complexity index is 1100. The summed E-state index contributed by atoms with van der Waals surface area (Å²) in [7, 11) is 0. The summed E-state index contributed by atoms with van der Waals surface area (Å²) in [6.07, 6.45) is 0. The van der Waals surface area contributed by atoms with Crippen LogP contribution in [0.1, 0.15) is 10.8 Å². The van der Waals surface area contributed by atoms with E-state index in [0.29, 0.717) is 24.8 Å². The molecule has 7 nitrogen and oxygen atoms in total. The van der Waals surface area contributed by atoms with Gasteiger partial charge in [-0.15, -0.1) is 16.4 Å². The van der Waals surface area contributed by atoms with Gasteiger partial charge in [0.1, 0.15) is 5.75 Å². The predicted octanol–water partition coefficient (Wildman–Crippen LogP) is 3.93. The van der Waals surface area contributed by atoms with Crippen LogP contribution < -0.4 is 4.84 Å². The molecule has 5 rings (SSSR count). The molecule has 29 heavy (non-hydrogen) atoms. The van der Waals surface area contributed by atoms with Crippen LogP contribution in [-0.4, -0.2) is 44.7 Å². The number of aryl methyl sites for hydroxylation is 1. The van der Waals surface area contributed by atoms with E-state index in [1.807, 2.05) is 54.5 Å². The van der Waals surface area contributed by atoms with Crippen molar-refractivity contribution in [2.24, 2.45) is 0 Å². The van der Waals surface area contributed by atoms with Crippen LogP contribution in [0.3, 0.4) is 0 Å². The molecule has 2 aromatic carbocycles. The van der Waals surface area contributed by atoms with Crippen molar-refractivity contribution in [3.05, 3.63) is 65.9 Å². The molecule has 0 spiro atoms. The fourth-order valence-electron chi connectivity index (χ4n) is 3.28. The lowest BCUT2D eigenvalue weighted by Crippen LogP contribution is -2.44. The summed E-state index contributed by atoms with van der Waals surface area (Å²) in [5.74, 6) is 2.05. The Hall–Kier alpha value is -2.81. The topological polar surface area (TPSA) is 67.5 Å². The lowest BCUT2D eigenvalue weighted by atomic mass is 10.2. The molecule has 8 heteroatoms. The van der Waals surface area contributed by atoms with E-state index in [0.717, 1.165) is 34.9 Å². The third-order valence-corrected chi connectivity index (χ3v) is 5.67. The zero-order chi connectivity index (χ0) is 19.6. The summed E-state index contributed by atoms with van der Waals surface area (Å²) in [4.78, 5) is 17.2. The number of rotatable bonds is 5. The van der Waals surface area contributed by atoms with Crippen LogP contribution in [0.2, 0.25) is 0 Å². The molecule has 0 atom stereocenters. The highest BCUT2D eigenvalue weighted by molar-refractivity contribution is 7.18. The lowest BCUT2D eigenvalue weighted by Gasteiger charge is -2.32. The number of piperazine rings is 1. The molecule has 3 heterocycles. The standard InChI is InChI=1S/C21H20N5O2S/c1-15-22-18-13-17(7-8-19(18)29-15)28-26-11-9-25(10-12-26)14-20-23-21(27-24-20)16-5-3-2-4-6-16/h2-9,13H,10-12,14H2,1H3. The lowest BCUT2D eigenvalue weighted by molar-refractivity contribution is -0.0773. The molecular formula is C21H20N5O2S. The second kappa shape index (κ2) is 7.90. The highest BCUT2D eigenvalue weighted by Gasteiger charge is 2.21. The second-order valence-corrected chi connectivity index (χ2v) is 8.11. The summed E-state index contributed by atoms with van der Waals surface area (Å²) >= 11 is 1.70. The second-order valence-electron chi connectivity index (χ2n) is 6.88. The highest BCUT2D eigenvalue weighted by atomic mass is 32.1. The molecular weight excluding hydrogens is 386 g/mol. The maximum atomic E-state index is 6.02. The Morgan fingerprint density at radius 1 is 1.10 bits per heavy atom. The number of hydroxylamine groups is 2. The van der Waals surface area contributed by atoms with Crippen molar-refractivity contribution in [2.75, 3.05) is 19.6 Å². The Balaban J connectivity index is 1.16. The zero-order valence-electron chi connectivity index (χ0n) is 16.0. The SMILES string of the molecule is Cc1nc2cc(ON3C[CH]N(Cc4noc(-c5ccccc5)n4)CC3)ccc2s1. The first-order valence-corrected chi connectivity index (χ1v) is 10.3. The first-order valence-electron chi connectivity index (χ1n) is 9.48. The van der Waals surface area contributed by atoms with E-state index in [1.54, 1.807) is 11.3 Å². The minimum atomic E-state index is 0.551. The predicted molar refractivity (Wildman–Crippen MR) is 111 cm³/mol. The summed E-state index contributed by atoms with van der Waals surface area (Å²) in [5, 5.41) is 7.12. The number of thiazole rings is 1. The van der Waals surface area contributed by atoms with Gasteiger partial charge in [0.2, 0.25) is 0 Å². The summed E-state index contributed by atoms with van der Waals surface area (Å²) in [6, 6.07) is 15.9. The third-order valence-electron chi connectivity index (χ3n) is 4.71. The summed E-state index contributed by atoms with van der Waals surface area (Å²) in [6.45, 7) is 7.05. The number of fused-ring (bicyclic) bond motifs is 1. The van der Waals surface area contributed by atoms with Crippen molar-refractivity contribution in [3.63, 3.8) is 0 Å². The minimum absolute atomic E-state index is 0.551. The monoisotopic (exact) mass is 406 g/mol. The van der Waals surface area contributed by atoms with E-state index >= 15 is 0 Å². The number of hydrogen-bond donors (Lipinski definition) is 0. The Kier molecular flexibility index (Phi) is 4.97.